The molecule has 3 aromatic heterocycles. The number of anilines is 6. The molecule has 11 aromatic carbocycles. The van der Waals surface area contributed by atoms with Crippen LogP contribution in [0.15, 0.2) is 267 Å². The molecule has 334 valence electrons. The van der Waals surface area contributed by atoms with Crippen molar-refractivity contribution < 1.29 is 0 Å². The molecular formula is C66H44N4S. The molecule has 0 amide bonds. The smallest absolute Gasteiger partial charge is 0.0561 e. The zero-order chi connectivity index (χ0) is 46.8. The minimum atomic E-state index is 1.04. The third-order valence-electron chi connectivity index (χ3n) is 14.0. The summed E-state index contributed by atoms with van der Waals surface area (Å²) in [6, 6.07) is 97.4. The van der Waals surface area contributed by atoms with Crippen LogP contribution in [0, 0.1) is 0 Å². The Kier molecular flexibility index (Phi) is 9.68. The van der Waals surface area contributed by atoms with Crippen LogP contribution in [0.1, 0.15) is 0 Å². The molecule has 3 heterocycles. The summed E-state index contributed by atoms with van der Waals surface area (Å²) in [6.07, 6.45) is 0. The van der Waals surface area contributed by atoms with Gasteiger partial charge in [-0.3, -0.25) is 0 Å². The van der Waals surface area contributed by atoms with E-state index in [0.29, 0.717) is 0 Å². The van der Waals surface area contributed by atoms with Crippen molar-refractivity contribution in [2.45, 2.75) is 0 Å². The Morgan fingerprint density at radius 1 is 0.239 bits per heavy atom. The number of hydrogen-bond donors (Lipinski definition) is 0. The zero-order valence-electron chi connectivity index (χ0n) is 38.6. The first-order valence-corrected chi connectivity index (χ1v) is 25.0. The number of para-hydroxylation sites is 6. The van der Waals surface area contributed by atoms with E-state index in [2.05, 4.69) is 286 Å². The number of thiophene rings is 1. The molecule has 0 saturated heterocycles. The summed E-state index contributed by atoms with van der Waals surface area (Å²) in [5.74, 6) is 0. The lowest BCUT2D eigenvalue weighted by atomic mass is 10.0. The van der Waals surface area contributed by atoms with Crippen molar-refractivity contribution in [2.24, 2.45) is 0 Å². The summed E-state index contributed by atoms with van der Waals surface area (Å²) in [7, 11) is 0. The van der Waals surface area contributed by atoms with Gasteiger partial charge in [-0.2, -0.15) is 0 Å². The van der Waals surface area contributed by atoms with Gasteiger partial charge in [0, 0.05) is 87.2 Å². The van der Waals surface area contributed by atoms with Gasteiger partial charge in [0.15, 0.2) is 0 Å². The van der Waals surface area contributed by atoms with Crippen LogP contribution in [0.4, 0.5) is 34.1 Å². The van der Waals surface area contributed by atoms with Gasteiger partial charge in [0.2, 0.25) is 0 Å². The Labute approximate surface area is 415 Å². The molecule has 14 aromatic rings. The van der Waals surface area contributed by atoms with Crippen molar-refractivity contribution >= 4 is 109 Å². The minimum absolute atomic E-state index is 1.04. The molecule has 0 spiro atoms. The maximum atomic E-state index is 2.43. The Morgan fingerprint density at radius 2 is 0.648 bits per heavy atom. The molecule has 0 atom stereocenters. The van der Waals surface area contributed by atoms with Gasteiger partial charge in [-0.1, -0.05) is 152 Å². The molecule has 0 saturated carbocycles. The van der Waals surface area contributed by atoms with Crippen molar-refractivity contribution in [3.63, 3.8) is 0 Å². The normalized spacial score (nSPS) is 11.7. The standard InChI is InChI=1S/C66H44N4S/c1-5-19-47(20-6-1)67(51-34-37-57-55-27-13-16-30-61(55)69(63(57)43-51)49-23-9-3-10-24-49)53-39-46(45-33-36-60-59-29-15-18-32-65(59)71-66(60)41-45)40-54(42-53)68(48-21-7-2-8-22-48)52-35-38-58-56-28-14-17-31-62(56)70(64(58)44-52)50-25-11-4-12-26-50/h1-44H. The van der Waals surface area contributed by atoms with Gasteiger partial charge >= 0.3 is 0 Å². The van der Waals surface area contributed by atoms with E-state index in [1.54, 1.807) is 0 Å². The maximum absolute atomic E-state index is 2.43. The SMILES string of the molecule is c1ccc(N(c2cc(-c3ccc4c(c3)sc3ccccc34)cc(N(c3ccccc3)c3ccc4c5ccccc5n(-c5ccccc5)c4c3)c2)c2ccc3c4ccccc4n(-c4ccccc4)c3c2)cc1. The fourth-order valence-electron chi connectivity index (χ4n) is 10.9. The van der Waals surface area contributed by atoms with Crippen LogP contribution < -0.4 is 9.80 Å². The summed E-state index contributed by atoms with van der Waals surface area (Å²) in [5.41, 5.74) is 15.5. The van der Waals surface area contributed by atoms with E-state index in [1.807, 2.05) is 11.3 Å². The highest BCUT2D eigenvalue weighted by molar-refractivity contribution is 7.25. The van der Waals surface area contributed by atoms with E-state index in [0.717, 1.165) is 67.7 Å². The Hall–Kier alpha value is -9.16. The van der Waals surface area contributed by atoms with Crippen LogP contribution in [0.5, 0.6) is 0 Å². The van der Waals surface area contributed by atoms with Crippen LogP contribution in [0.2, 0.25) is 0 Å². The summed E-state index contributed by atoms with van der Waals surface area (Å²) < 4.78 is 7.38. The van der Waals surface area contributed by atoms with Gasteiger partial charge in [-0.15, -0.1) is 11.3 Å². The van der Waals surface area contributed by atoms with Crippen molar-refractivity contribution in [2.75, 3.05) is 9.80 Å². The highest BCUT2D eigenvalue weighted by Gasteiger charge is 2.23. The van der Waals surface area contributed by atoms with Crippen molar-refractivity contribution in [1.29, 1.82) is 0 Å². The number of rotatable bonds is 9. The Morgan fingerprint density at radius 3 is 1.17 bits per heavy atom. The largest absolute Gasteiger partial charge is 0.310 e. The number of nitrogens with zero attached hydrogens (tertiary/aromatic N) is 4. The van der Waals surface area contributed by atoms with Crippen molar-refractivity contribution in [3.05, 3.63) is 267 Å². The van der Waals surface area contributed by atoms with E-state index in [-0.39, 0.29) is 0 Å². The summed E-state index contributed by atoms with van der Waals surface area (Å²) in [4.78, 5) is 4.86. The zero-order valence-corrected chi connectivity index (χ0v) is 39.4. The molecule has 0 aliphatic rings. The number of fused-ring (bicyclic) bond motifs is 9. The van der Waals surface area contributed by atoms with Crippen LogP contribution in [-0.4, -0.2) is 9.13 Å². The first-order valence-electron chi connectivity index (χ1n) is 24.2. The second-order valence-electron chi connectivity index (χ2n) is 18.2. The predicted octanol–water partition coefficient (Wildman–Crippen LogP) is 18.9. The highest BCUT2D eigenvalue weighted by atomic mass is 32.1. The van der Waals surface area contributed by atoms with Gasteiger partial charge in [-0.25, -0.2) is 0 Å². The lowest BCUT2D eigenvalue weighted by Gasteiger charge is -2.30. The molecule has 5 heteroatoms. The molecule has 0 bridgehead atoms. The van der Waals surface area contributed by atoms with Gasteiger partial charge < -0.3 is 18.9 Å². The molecule has 14 rings (SSSR count). The van der Waals surface area contributed by atoms with Gasteiger partial charge in [-0.05, 0) is 126 Å². The van der Waals surface area contributed by atoms with Gasteiger partial charge in [0.05, 0.1) is 22.1 Å². The van der Waals surface area contributed by atoms with E-state index < -0.39 is 0 Å². The van der Waals surface area contributed by atoms with Crippen LogP contribution in [0.3, 0.4) is 0 Å². The van der Waals surface area contributed by atoms with Crippen LogP contribution in [0.25, 0.3) is 86.3 Å². The average molecular weight is 925 g/mol. The third-order valence-corrected chi connectivity index (χ3v) is 15.2. The van der Waals surface area contributed by atoms with E-state index >= 15 is 0 Å². The third kappa shape index (κ3) is 6.89. The number of hydrogen-bond acceptors (Lipinski definition) is 3. The second kappa shape index (κ2) is 16.8. The average Bonchev–Trinajstić information content (AvgIpc) is 4.09. The molecule has 0 fully saturated rings. The van der Waals surface area contributed by atoms with Crippen LogP contribution >= 0.6 is 11.3 Å². The fourth-order valence-corrected chi connectivity index (χ4v) is 12.0. The summed E-state index contributed by atoms with van der Waals surface area (Å²) in [5, 5.41) is 7.47. The molecule has 0 radical (unpaired) electrons. The highest BCUT2D eigenvalue weighted by Crippen LogP contribution is 2.47. The second-order valence-corrected chi connectivity index (χ2v) is 19.3. The fraction of sp³-hybridized carbons (Fsp3) is 0. The monoisotopic (exact) mass is 924 g/mol. The van der Waals surface area contributed by atoms with E-state index in [4.69, 9.17) is 0 Å². The minimum Gasteiger partial charge on any atom is -0.310 e. The van der Waals surface area contributed by atoms with E-state index in [1.165, 1.54) is 52.8 Å². The first-order chi connectivity index (χ1) is 35.2. The maximum Gasteiger partial charge on any atom is 0.0561 e. The lowest BCUT2D eigenvalue weighted by Crippen LogP contribution is -2.14. The first kappa shape index (κ1) is 40.9. The predicted molar refractivity (Wildman–Crippen MR) is 303 cm³/mol. The van der Waals surface area contributed by atoms with Crippen LogP contribution in [-0.2, 0) is 0 Å². The number of benzene rings is 11. The molecule has 0 unspecified atom stereocenters. The van der Waals surface area contributed by atoms with Gasteiger partial charge in [0.25, 0.3) is 0 Å². The quantitative estimate of drug-likeness (QED) is 0.143. The number of aromatic nitrogens is 2. The Bertz CT molecular complexity index is 4070. The molecule has 0 aliphatic carbocycles. The lowest BCUT2D eigenvalue weighted by molar-refractivity contribution is 1.17. The molecule has 0 N–H and O–H groups in total. The summed E-state index contributed by atoms with van der Waals surface area (Å²) >= 11 is 1.86. The van der Waals surface area contributed by atoms with Gasteiger partial charge in [0.1, 0.15) is 0 Å². The van der Waals surface area contributed by atoms with Crippen molar-refractivity contribution in [3.8, 4) is 22.5 Å². The molecular weight excluding hydrogens is 881 g/mol. The van der Waals surface area contributed by atoms with E-state index in [9.17, 15) is 0 Å². The molecule has 4 nitrogen and oxygen atoms in total. The Balaban J connectivity index is 1.04. The summed E-state index contributed by atoms with van der Waals surface area (Å²) in [6.45, 7) is 0. The topological polar surface area (TPSA) is 16.3 Å². The van der Waals surface area contributed by atoms with Crippen molar-refractivity contribution in [1.82, 2.24) is 9.13 Å². The molecule has 0 aliphatic heterocycles. The molecule has 71 heavy (non-hydrogen) atoms.